The van der Waals surface area contributed by atoms with Gasteiger partial charge in [-0.2, -0.15) is 0 Å². The maximum Gasteiger partial charge on any atom is 0.271 e. The number of carbonyl (C=O) groups is 1. The Labute approximate surface area is 130 Å². The molecule has 8 heteroatoms. The van der Waals surface area contributed by atoms with E-state index in [0.29, 0.717) is 5.75 Å². The number of nitrogens with zero attached hydrogens (tertiary/aromatic N) is 1. The monoisotopic (exact) mass is 322 g/mol. The number of carbonyl (C=O) groups excluding carboxylic acids is 1. The Bertz CT molecular complexity index is 748. The number of phenols is 1. The summed E-state index contributed by atoms with van der Waals surface area (Å²) in [7, 11) is 1.43. The lowest BCUT2D eigenvalue weighted by atomic mass is 10.1. The van der Waals surface area contributed by atoms with Gasteiger partial charge < -0.3 is 15.2 Å². The maximum absolute atomic E-state index is 12.2. The largest absolute Gasteiger partial charge is 0.507 e. The standard InChI is InChI=1S/C14H11ClN2O5/c1-22-9-3-5-13(18)10(7-9)14(19)16-12-4-2-8(17(20)21)6-11(12)15/h2-7,18H,1H3,(H,16,19). The number of non-ortho nitro benzene ring substituents is 1. The van der Waals surface area contributed by atoms with E-state index in [9.17, 15) is 20.0 Å². The molecule has 0 saturated heterocycles. The summed E-state index contributed by atoms with van der Waals surface area (Å²) in [5, 5.41) is 22.9. The van der Waals surface area contributed by atoms with Crippen molar-refractivity contribution in [2.24, 2.45) is 0 Å². The minimum Gasteiger partial charge on any atom is -0.507 e. The molecule has 0 saturated carbocycles. The molecule has 2 aromatic carbocycles. The lowest BCUT2D eigenvalue weighted by Crippen LogP contribution is -2.12. The van der Waals surface area contributed by atoms with Gasteiger partial charge in [0.05, 0.1) is 28.3 Å². The predicted molar refractivity (Wildman–Crippen MR) is 80.7 cm³/mol. The van der Waals surface area contributed by atoms with Crippen LogP contribution in [0.2, 0.25) is 5.02 Å². The molecule has 0 bridgehead atoms. The molecular formula is C14H11ClN2O5. The van der Waals surface area contributed by atoms with E-state index in [0.717, 1.165) is 6.07 Å². The van der Waals surface area contributed by atoms with Crippen LogP contribution in [0.4, 0.5) is 11.4 Å². The molecule has 1 amide bonds. The summed E-state index contributed by atoms with van der Waals surface area (Å²) in [5.74, 6) is -0.443. The van der Waals surface area contributed by atoms with E-state index >= 15 is 0 Å². The van der Waals surface area contributed by atoms with Gasteiger partial charge in [0.15, 0.2) is 0 Å². The van der Waals surface area contributed by atoms with E-state index in [2.05, 4.69) is 5.32 Å². The van der Waals surface area contributed by atoms with Gasteiger partial charge in [0.1, 0.15) is 11.5 Å². The summed E-state index contributed by atoms with van der Waals surface area (Å²) >= 11 is 5.90. The zero-order valence-electron chi connectivity index (χ0n) is 11.4. The second kappa shape index (κ2) is 6.31. The number of anilines is 1. The van der Waals surface area contributed by atoms with Gasteiger partial charge in [-0.3, -0.25) is 14.9 Å². The van der Waals surface area contributed by atoms with Crippen molar-refractivity contribution in [3.05, 3.63) is 57.1 Å². The Morgan fingerprint density at radius 3 is 2.64 bits per heavy atom. The quantitative estimate of drug-likeness (QED) is 0.664. The highest BCUT2D eigenvalue weighted by atomic mass is 35.5. The van der Waals surface area contributed by atoms with Crippen LogP contribution >= 0.6 is 11.6 Å². The molecule has 2 aromatic rings. The van der Waals surface area contributed by atoms with Crippen molar-refractivity contribution in [3.8, 4) is 11.5 Å². The summed E-state index contributed by atoms with van der Waals surface area (Å²) in [5.41, 5.74) is 0.000447. The van der Waals surface area contributed by atoms with Gasteiger partial charge in [-0.1, -0.05) is 11.6 Å². The number of nitro groups is 1. The van der Waals surface area contributed by atoms with E-state index in [1.165, 1.54) is 37.4 Å². The van der Waals surface area contributed by atoms with Crippen LogP contribution in [0.25, 0.3) is 0 Å². The molecule has 2 rings (SSSR count). The molecule has 0 heterocycles. The zero-order valence-corrected chi connectivity index (χ0v) is 12.1. The first-order chi connectivity index (χ1) is 10.4. The van der Waals surface area contributed by atoms with Gasteiger partial charge >= 0.3 is 0 Å². The van der Waals surface area contributed by atoms with Crippen LogP contribution in [0.3, 0.4) is 0 Å². The third kappa shape index (κ3) is 3.26. The number of methoxy groups -OCH3 is 1. The molecule has 0 radical (unpaired) electrons. The summed E-state index contributed by atoms with van der Waals surface area (Å²) in [4.78, 5) is 22.2. The molecule has 22 heavy (non-hydrogen) atoms. The Kier molecular flexibility index (Phi) is 4.47. The van der Waals surface area contributed by atoms with Crippen molar-refractivity contribution in [2.45, 2.75) is 0 Å². The summed E-state index contributed by atoms with van der Waals surface area (Å²) in [6, 6.07) is 7.85. The number of halogens is 1. The molecule has 2 N–H and O–H groups in total. The Morgan fingerprint density at radius 2 is 2.05 bits per heavy atom. The van der Waals surface area contributed by atoms with E-state index in [1.54, 1.807) is 0 Å². The van der Waals surface area contributed by atoms with Crippen LogP contribution in [-0.4, -0.2) is 23.0 Å². The van der Waals surface area contributed by atoms with Crippen molar-refractivity contribution in [3.63, 3.8) is 0 Å². The second-order valence-electron chi connectivity index (χ2n) is 4.26. The van der Waals surface area contributed by atoms with Crippen LogP contribution in [0, 0.1) is 10.1 Å². The van der Waals surface area contributed by atoms with E-state index in [1.807, 2.05) is 0 Å². The molecule has 0 atom stereocenters. The van der Waals surface area contributed by atoms with E-state index in [4.69, 9.17) is 16.3 Å². The number of hydrogen-bond donors (Lipinski definition) is 2. The highest BCUT2D eigenvalue weighted by Crippen LogP contribution is 2.29. The highest BCUT2D eigenvalue weighted by Gasteiger charge is 2.16. The van der Waals surface area contributed by atoms with Crippen molar-refractivity contribution in [2.75, 3.05) is 12.4 Å². The smallest absolute Gasteiger partial charge is 0.271 e. The third-order valence-electron chi connectivity index (χ3n) is 2.86. The fraction of sp³-hybridized carbons (Fsp3) is 0.0714. The lowest BCUT2D eigenvalue weighted by molar-refractivity contribution is -0.384. The average Bonchev–Trinajstić information content (AvgIpc) is 2.49. The average molecular weight is 323 g/mol. The summed E-state index contributed by atoms with van der Waals surface area (Å²) < 4.78 is 4.98. The molecule has 0 aliphatic carbocycles. The van der Waals surface area contributed by atoms with Crippen molar-refractivity contribution in [1.82, 2.24) is 0 Å². The number of rotatable bonds is 4. The number of amides is 1. The van der Waals surface area contributed by atoms with Crippen LogP contribution in [0.1, 0.15) is 10.4 Å². The van der Waals surface area contributed by atoms with Gasteiger partial charge in [-0.05, 0) is 24.3 Å². The molecule has 0 aromatic heterocycles. The molecular weight excluding hydrogens is 312 g/mol. The van der Waals surface area contributed by atoms with Gasteiger partial charge in [0, 0.05) is 12.1 Å². The number of phenolic OH excluding ortho intramolecular Hbond substituents is 1. The van der Waals surface area contributed by atoms with Crippen LogP contribution in [0.15, 0.2) is 36.4 Å². The number of aromatic hydroxyl groups is 1. The van der Waals surface area contributed by atoms with Crippen molar-refractivity contribution in [1.29, 1.82) is 0 Å². The zero-order chi connectivity index (χ0) is 16.3. The fourth-order valence-electron chi connectivity index (χ4n) is 1.73. The van der Waals surface area contributed by atoms with E-state index < -0.39 is 10.8 Å². The van der Waals surface area contributed by atoms with Gasteiger partial charge in [0.2, 0.25) is 0 Å². The van der Waals surface area contributed by atoms with Gasteiger partial charge in [0.25, 0.3) is 11.6 Å². The highest BCUT2D eigenvalue weighted by molar-refractivity contribution is 6.34. The fourth-order valence-corrected chi connectivity index (χ4v) is 1.95. The van der Waals surface area contributed by atoms with Gasteiger partial charge in [-0.25, -0.2) is 0 Å². The molecule has 0 spiro atoms. The van der Waals surface area contributed by atoms with Crippen molar-refractivity contribution >= 4 is 28.9 Å². The summed E-state index contributed by atoms with van der Waals surface area (Å²) in [6.45, 7) is 0. The van der Waals surface area contributed by atoms with Crippen LogP contribution in [0.5, 0.6) is 11.5 Å². The molecule has 0 aliphatic rings. The number of ether oxygens (including phenoxy) is 1. The Balaban J connectivity index is 2.27. The first-order valence-electron chi connectivity index (χ1n) is 6.04. The van der Waals surface area contributed by atoms with Crippen molar-refractivity contribution < 1.29 is 19.6 Å². The molecule has 7 nitrogen and oxygen atoms in total. The second-order valence-corrected chi connectivity index (χ2v) is 4.67. The minimum absolute atomic E-state index is 0.00577. The Morgan fingerprint density at radius 1 is 1.32 bits per heavy atom. The minimum atomic E-state index is -0.618. The molecule has 0 fully saturated rings. The third-order valence-corrected chi connectivity index (χ3v) is 3.17. The number of nitro benzene ring substituents is 1. The first-order valence-corrected chi connectivity index (χ1v) is 6.42. The van der Waals surface area contributed by atoms with E-state index in [-0.39, 0.29) is 27.7 Å². The molecule has 0 unspecified atom stereocenters. The number of hydrogen-bond acceptors (Lipinski definition) is 5. The normalized spacial score (nSPS) is 10.1. The van der Waals surface area contributed by atoms with Crippen LogP contribution < -0.4 is 10.1 Å². The van der Waals surface area contributed by atoms with Crippen LogP contribution in [-0.2, 0) is 0 Å². The first kappa shape index (κ1) is 15.6. The number of nitrogens with one attached hydrogen (secondary N) is 1. The lowest BCUT2D eigenvalue weighted by Gasteiger charge is -2.09. The molecule has 114 valence electrons. The molecule has 0 aliphatic heterocycles. The predicted octanol–water partition coefficient (Wildman–Crippen LogP) is 3.21. The maximum atomic E-state index is 12.2. The SMILES string of the molecule is COc1ccc(O)c(C(=O)Nc2ccc([N+](=O)[O-])cc2Cl)c1. The Hall–Kier alpha value is -2.80. The van der Waals surface area contributed by atoms with Gasteiger partial charge in [-0.15, -0.1) is 0 Å². The topological polar surface area (TPSA) is 102 Å². The summed E-state index contributed by atoms with van der Waals surface area (Å²) in [6.07, 6.45) is 0. The number of benzene rings is 2.